The van der Waals surface area contributed by atoms with Crippen LogP contribution in [0.2, 0.25) is 0 Å². The summed E-state index contributed by atoms with van der Waals surface area (Å²) in [5, 5.41) is 8.12. The molecular formula is C24H18FN9S. The molecule has 0 saturated heterocycles. The van der Waals surface area contributed by atoms with E-state index in [-0.39, 0.29) is 11.2 Å². The summed E-state index contributed by atoms with van der Waals surface area (Å²) in [6.45, 7) is 0. The number of hydrogen-bond acceptors (Lipinski definition) is 8. The lowest BCUT2D eigenvalue weighted by molar-refractivity contribution is 0.344. The summed E-state index contributed by atoms with van der Waals surface area (Å²) in [6, 6.07) is 5.36. The number of pyridine rings is 2. The molecule has 1 fully saturated rings. The van der Waals surface area contributed by atoms with Crippen LogP contribution in [0.4, 0.5) is 4.39 Å². The van der Waals surface area contributed by atoms with Crippen molar-refractivity contribution in [2.75, 3.05) is 0 Å². The number of thiophene rings is 1. The summed E-state index contributed by atoms with van der Waals surface area (Å²) < 4.78 is 13.6. The van der Waals surface area contributed by atoms with Crippen molar-refractivity contribution in [3.8, 4) is 33.3 Å². The highest BCUT2D eigenvalue weighted by Gasteiger charge is 2.29. The predicted molar refractivity (Wildman–Crippen MR) is 131 cm³/mol. The fourth-order valence-corrected chi connectivity index (χ4v) is 5.27. The second-order valence-corrected chi connectivity index (χ2v) is 9.75. The number of hydrogen-bond donors (Lipinski definition) is 3. The van der Waals surface area contributed by atoms with E-state index in [9.17, 15) is 4.39 Å². The largest absolute Gasteiger partial charge is 0.335 e. The number of fused-ring (bicyclic) bond motifs is 2. The van der Waals surface area contributed by atoms with Crippen LogP contribution >= 0.6 is 11.3 Å². The van der Waals surface area contributed by atoms with Gasteiger partial charge in [-0.25, -0.2) is 9.97 Å². The molecule has 172 valence electrons. The first-order valence-corrected chi connectivity index (χ1v) is 12.0. The molecule has 35 heavy (non-hydrogen) atoms. The number of rotatable bonds is 4. The van der Waals surface area contributed by atoms with E-state index in [1.54, 1.807) is 37.1 Å². The molecule has 9 nitrogen and oxygen atoms in total. The van der Waals surface area contributed by atoms with Gasteiger partial charge in [0.2, 0.25) is 0 Å². The SMILES string of the molecule is NC1CC(c2cncc(-c3cc4c(-c5nc6c(-c7ccc(F)s7)cncc6[nH]5)n[nH]c4cn3)n2)C1. The molecule has 1 aliphatic rings. The van der Waals surface area contributed by atoms with Crippen molar-refractivity contribution in [1.82, 2.24) is 40.1 Å². The molecule has 6 aromatic rings. The van der Waals surface area contributed by atoms with Gasteiger partial charge in [-0.05, 0) is 31.0 Å². The van der Waals surface area contributed by atoms with Gasteiger partial charge in [0.1, 0.15) is 16.9 Å². The van der Waals surface area contributed by atoms with Gasteiger partial charge in [0.05, 0.1) is 41.0 Å². The van der Waals surface area contributed by atoms with Gasteiger partial charge in [-0.15, -0.1) is 11.3 Å². The quantitative estimate of drug-likeness (QED) is 0.338. The molecule has 0 radical (unpaired) electrons. The number of halogens is 1. The van der Waals surface area contributed by atoms with Crippen molar-refractivity contribution >= 4 is 33.3 Å². The number of nitrogens with one attached hydrogen (secondary N) is 2. The smallest absolute Gasteiger partial charge is 0.176 e. The molecule has 6 aromatic heterocycles. The zero-order valence-electron chi connectivity index (χ0n) is 18.2. The molecule has 0 atom stereocenters. The van der Waals surface area contributed by atoms with Crippen molar-refractivity contribution in [3.63, 3.8) is 0 Å². The Morgan fingerprint density at radius 1 is 0.971 bits per heavy atom. The topological polar surface area (TPSA) is 135 Å². The fraction of sp³-hybridized carbons (Fsp3) is 0.167. The third-order valence-electron chi connectivity index (χ3n) is 6.41. The van der Waals surface area contributed by atoms with Crippen LogP contribution in [0.15, 0.2) is 49.2 Å². The molecular weight excluding hydrogens is 465 g/mol. The van der Waals surface area contributed by atoms with Gasteiger partial charge in [-0.2, -0.15) is 9.49 Å². The van der Waals surface area contributed by atoms with Crippen molar-refractivity contribution in [2.45, 2.75) is 24.8 Å². The molecule has 0 spiro atoms. The van der Waals surface area contributed by atoms with Crippen molar-refractivity contribution in [2.24, 2.45) is 5.73 Å². The first kappa shape index (κ1) is 20.3. The molecule has 0 aliphatic heterocycles. The van der Waals surface area contributed by atoms with Gasteiger partial charge in [0.25, 0.3) is 0 Å². The van der Waals surface area contributed by atoms with Gasteiger partial charge in [0.15, 0.2) is 11.0 Å². The lowest BCUT2D eigenvalue weighted by atomic mass is 9.79. The highest BCUT2D eigenvalue weighted by atomic mass is 32.1. The van der Waals surface area contributed by atoms with Crippen LogP contribution in [0, 0.1) is 5.13 Å². The van der Waals surface area contributed by atoms with Crippen LogP contribution < -0.4 is 5.73 Å². The minimum atomic E-state index is -0.251. The minimum Gasteiger partial charge on any atom is -0.335 e. The van der Waals surface area contributed by atoms with E-state index in [2.05, 4.69) is 30.1 Å². The maximum atomic E-state index is 13.6. The van der Waals surface area contributed by atoms with Crippen molar-refractivity contribution in [1.29, 1.82) is 0 Å². The normalized spacial score (nSPS) is 17.8. The van der Waals surface area contributed by atoms with Gasteiger partial charge < -0.3 is 10.7 Å². The van der Waals surface area contributed by atoms with E-state index in [4.69, 9.17) is 15.7 Å². The highest BCUT2D eigenvalue weighted by molar-refractivity contribution is 7.14. The molecule has 0 aromatic carbocycles. The molecule has 1 saturated carbocycles. The number of nitrogens with two attached hydrogens (primary N) is 1. The van der Waals surface area contributed by atoms with E-state index in [1.165, 1.54) is 6.07 Å². The molecule has 0 unspecified atom stereocenters. The van der Waals surface area contributed by atoms with Crippen LogP contribution in [-0.4, -0.2) is 46.1 Å². The van der Waals surface area contributed by atoms with Crippen LogP contribution in [0.3, 0.4) is 0 Å². The Labute approximate surface area is 201 Å². The van der Waals surface area contributed by atoms with Crippen LogP contribution in [0.25, 0.3) is 55.3 Å². The third kappa shape index (κ3) is 3.39. The Balaban J connectivity index is 1.31. The lowest BCUT2D eigenvalue weighted by Crippen LogP contribution is -2.35. The summed E-state index contributed by atoms with van der Waals surface area (Å²) in [6.07, 6.45) is 10.5. The Hall–Kier alpha value is -4.09. The standard InChI is InChI=1S/C24H18FN9S/c25-21-2-1-20(35-21)14-6-27-9-19-22(14)32-24(31-19)23-13-5-15(29-10-17(13)33-34-23)18-8-28-7-16(30-18)11-3-12(26)4-11/h1-2,5-12H,3-4,26H2,(H,31,32)(H,33,34). The van der Waals surface area contributed by atoms with Crippen molar-refractivity contribution < 1.29 is 4.39 Å². The van der Waals surface area contributed by atoms with Crippen LogP contribution in [0.1, 0.15) is 24.5 Å². The zero-order valence-corrected chi connectivity index (χ0v) is 19.1. The van der Waals surface area contributed by atoms with Crippen LogP contribution in [-0.2, 0) is 0 Å². The molecule has 11 heteroatoms. The molecule has 1 aliphatic carbocycles. The summed E-state index contributed by atoms with van der Waals surface area (Å²) >= 11 is 1.06. The fourth-order valence-electron chi connectivity index (χ4n) is 4.53. The van der Waals surface area contributed by atoms with E-state index in [0.717, 1.165) is 56.7 Å². The number of imidazole rings is 1. The van der Waals surface area contributed by atoms with Crippen molar-refractivity contribution in [3.05, 3.63) is 60.0 Å². The summed E-state index contributed by atoms with van der Waals surface area (Å²) in [5.41, 5.74) is 11.9. The van der Waals surface area contributed by atoms with E-state index >= 15 is 0 Å². The molecule has 6 heterocycles. The number of aromatic nitrogens is 8. The second kappa shape index (κ2) is 7.72. The number of nitrogens with zero attached hydrogens (tertiary/aromatic N) is 6. The molecule has 0 amide bonds. The molecule has 0 bridgehead atoms. The van der Waals surface area contributed by atoms with Crippen LogP contribution in [0.5, 0.6) is 0 Å². The zero-order chi connectivity index (χ0) is 23.5. The van der Waals surface area contributed by atoms with E-state index < -0.39 is 0 Å². The Morgan fingerprint density at radius 2 is 1.86 bits per heavy atom. The van der Waals surface area contributed by atoms with Gasteiger partial charge in [0, 0.05) is 40.2 Å². The monoisotopic (exact) mass is 483 g/mol. The minimum absolute atomic E-state index is 0.242. The summed E-state index contributed by atoms with van der Waals surface area (Å²) in [7, 11) is 0. The van der Waals surface area contributed by atoms with Gasteiger partial charge >= 0.3 is 0 Å². The summed E-state index contributed by atoms with van der Waals surface area (Å²) in [5.74, 6) is 0.929. The summed E-state index contributed by atoms with van der Waals surface area (Å²) in [4.78, 5) is 26.9. The van der Waals surface area contributed by atoms with Gasteiger partial charge in [-0.3, -0.25) is 20.1 Å². The van der Waals surface area contributed by atoms with E-state index in [1.807, 2.05) is 6.07 Å². The Bertz CT molecular complexity index is 1710. The predicted octanol–water partition coefficient (Wildman–Crippen LogP) is 4.43. The number of H-pyrrole nitrogens is 2. The van der Waals surface area contributed by atoms with Gasteiger partial charge in [-0.1, -0.05) is 0 Å². The first-order chi connectivity index (χ1) is 17.1. The average Bonchev–Trinajstić information content (AvgIpc) is 3.59. The lowest BCUT2D eigenvalue weighted by Gasteiger charge is -2.31. The second-order valence-electron chi connectivity index (χ2n) is 8.72. The molecule has 4 N–H and O–H groups in total. The Kier molecular flexibility index (Phi) is 4.48. The maximum Gasteiger partial charge on any atom is 0.176 e. The highest BCUT2D eigenvalue weighted by Crippen LogP contribution is 2.36. The first-order valence-electron chi connectivity index (χ1n) is 11.1. The van der Waals surface area contributed by atoms with E-state index in [0.29, 0.717) is 34.3 Å². The third-order valence-corrected chi connectivity index (χ3v) is 7.32. The molecule has 7 rings (SSSR count). The average molecular weight is 484 g/mol. The maximum absolute atomic E-state index is 13.6. The Morgan fingerprint density at radius 3 is 2.69 bits per heavy atom. The number of aromatic amines is 2.